The Morgan fingerprint density at radius 2 is 1.67 bits per heavy atom. The summed E-state index contributed by atoms with van der Waals surface area (Å²) in [4.78, 5) is 26.3. The third-order valence-electron chi connectivity index (χ3n) is 5.17. The Bertz CT molecular complexity index is 1240. The van der Waals surface area contributed by atoms with Crippen LogP contribution in [-0.2, 0) is 21.4 Å². The SMILES string of the molecule is O=C(CCn1c(=O)oc2ccccc21)N1CCN(S(=O)(=O)c2ccccc2Cl)CC1. The van der Waals surface area contributed by atoms with E-state index in [1.807, 2.05) is 0 Å². The molecular weight excluding hydrogens is 430 g/mol. The first kappa shape index (κ1) is 20.6. The van der Waals surface area contributed by atoms with Crippen LogP contribution >= 0.6 is 11.6 Å². The number of oxazole rings is 1. The number of hydrogen-bond donors (Lipinski definition) is 0. The molecule has 2 heterocycles. The second-order valence-electron chi connectivity index (χ2n) is 6.95. The highest BCUT2D eigenvalue weighted by molar-refractivity contribution is 7.89. The molecule has 8 nitrogen and oxygen atoms in total. The quantitative estimate of drug-likeness (QED) is 0.595. The number of para-hydroxylation sites is 2. The number of carbonyl (C=O) groups excluding carboxylic acids is 1. The van der Waals surface area contributed by atoms with Gasteiger partial charge in [-0.05, 0) is 24.3 Å². The molecule has 1 aromatic heterocycles. The van der Waals surface area contributed by atoms with Crippen molar-refractivity contribution in [3.8, 4) is 0 Å². The highest BCUT2D eigenvalue weighted by Crippen LogP contribution is 2.25. The van der Waals surface area contributed by atoms with E-state index in [0.29, 0.717) is 11.1 Å². The molecule has 1 fully saturated rings. The number of sulfonamides is 1. The van der Waals surface area contributed by atoms with Crippen molar-refractivity contribution < 1.29 is 17.6 Å². The van der Waals surface area contributed by atoms with Crippen molar-refractivity contribution in [2.45, 2.75) is 17.9 Å². The van der Waals surface area contributed by atoms with Crippen LogP contribution in [0.5, 0.6) is 0 Å². The third-order valence-corrected chi connectivity index (χ3v) is 7.57. The number of aromatic nitrogens is 1. The number of benzene rings is 2. The molecule has 0 aliphatic carbocycles. The van der Waals surface area contributed by atoms with Crippen molar-refractivity contribution in [3.63, 3.8) is 0 Å². The van der Waals surface area contributed by atoms with E-state index in [1.54, 1.807) is 41.3 Å². The summed E-state index contributed by atoms with van der Waals surface area (Å²) in [6.45, 7) is 1.14. The molecular formula is C20H20ClN3O5S. The van der Waals surface area contributed by atoms with Crippen molar-refractivity contribution in [1.82, 2.24) is 13.8 Å². The van der Waals surface area contributed by atoms with Crippen LogP contribution in [0.4, 0.5) is 0 Å². The number of nitrogens with zero attached hydrogens (tertiary/aromatic N) is 3. The molecule has 0 atom stereocenters. The zero-order valence-corrected chi connectivity index (χ0v) is 17.6. The molecule has 3 aromatic rings. The second kappa shape index (κ2) is 8.25. The highest BCUT2D eigenvalue weighted by atomic mass is 35.5. The average molecular weight is 450 g/mol. The minimum absolute atomic E-state index is 0.0673. The Kier molecular flexibility index (Phi) is 5.68. The molecule has 158 valence electrons. The number of piperazine rings is 1. The monoisotopic (exact) mass is 449 g/mol. The van der Waals surface area contributed by atoms with E-state index < -0.39 is 15.8 Å². The van der Waals surface area contributed by atoms with Gasteiger partial charge in [-0.25, -0.2) is 13.2 Å². The molecule has 1 saturated heterocycles. The summed E-state index contributed by atoms with van der Waals surface area (Å²) < 4.78 is 33.6. The summed E-state index contributed by atoms with van der Waals surface area (Å²) in [5.74, 6) is -0.637. The second-order valence-corrected chi connectivity index (χ2v) is 9.27. The van der Waals surface area contributed by atoms with Crippen LogP contribution in [0.1, 0.15) is 6.42 Å². The fraction of sp³-hybridized carbons (Fsp3) is 0.300. The molecule has 4 rings (SSSR count). The maximum atomic E-state index is 12.8. The van der Waals surface area contributed by atoms with Gasteiger partial charge in [0.15, 0.2) is 5.58 Å². The van der Waals surface area contributed by atoms with Crippen molar-refractivity contribution in [1.29, 1.82) is 0 Å². The lowest BCUT2D eigenvalue weighted by molar-refractivity contribution is -0.132. The zero-order valence-electron chi connectivity index (χ0n) is 16.0. The van der Waals surface area contributed by atoms with Crippen LogP contribution in [0.25, 0.3) is 11.1 Å². The predicted octanol–water partition coefficient (Wildman–Crippen LogP) is 2.17. The summed E-state index contributed by atoms with van der Waals surface area (Å²) in [7, 11) is -3.71. The first-order valence-corrected chi connectivity index (χ1v) is 11.3. The maximum absolute atomic E-state index is 12.8. The standard InChI is InChI=1S/C20H20ClN3O5S/c21-15-5-1-4-8-18(15)30(27,28)23-13-11-22(12-14-23)19(25)9-10-24-16-6-2-3-7-17(16)29-20(24)26/h1-8H,9-14H2. The van der Waals surface area contributed by atoms with Gasteiger partial charge in [0.1, 0.15) is 4.90 Å². The van der Waals surface area contributed by atoms with Gasteiger partial charge in [-0.2, -0.15) is 4.31 Å². The number of fused-ring (bicyclic) bond motifs is 1. The normalized spacial score (nSPS) is 15.6. The Morgan fingerprint density at radius 1 is 1.00 bits per heavy atom. The molecule has 0 unspecified atom stereocenters. The number of rotatable bonds is 5. The van der Waals surface area contributed by atoms with Gasteiger partial charge in [-0.3, -0.25) is 9.36 Å². The fourth-order valence-corrected chi connectivity index (χ4v) is 5.48. The van der Waals surface area contributed by atoms with E-state index >= 15 is 0 Å². The molecule has 2 aromatic carbocycles. The summed E-state index contributed by atoms with van der Waals surface area (Å²) in [5.41, 5.74) is 1.12. The zero-order chi connectivity index (χ0) is 21.3. The highest BCUT2D eigenvalue weighted by Gasteiger charge is 2.31. The van der Waals surface area contributed by atoms with E-state index in [1.165, 1.54) is 21.0 Å². The van der Waals surface area contributed by atoms with Gasteiger partial charge < -0.3 is 9.32 Å². The predicted molar refractivity (Wildman–Crippen MR) is 112 cm³/mol. The molecule has 0 bridgehead atoms. The molecule has 10 heteroatoms. The number of carbonyl (C=O) groups is 1. The number of amides is 1. The number of aryl methyl sites for hydroxylation is 1. The maximum Gasteiger partial charge on any atom is 0.419 e. The van der Waals surface area contributed by atoms with Crippen molar-refractivity contribution in [2.24, 2.45) is 0 Å². The Balaban J connectivity index is 1.38. The van der Waals surface area contributed by atoms with E-state index in [2.05, 4.69) is 0 Å². The Morgan fingerprint density at radius 3 is 2.40 bits per heavy atom. The van der Waals surface area contributed by atoms with Gasteiger partial charge in [-0.1, -0.05) is 35.9 Å². The van der Waals surface area contributed by atoms with Crippen LogP contribution < -0.4 is 5.76 Å². The summed E-state index contributed by atoms with van der Waals surface area (Å²) >= 11 is 6.05. The van der Waals surface area contributed by atoms with E-state index in [-0.39, 0.29) is 55.0 Å². The summed E-state index contributed by atoms with van der Waals surface area (Å²) in [6.07, 6.45) is 0.126. The minimum atomic E-state index is -3.71. The number of hydrogen-bond acceptors (Lipinski definition) is 5. The smallest absolute Gasteiger partial charge is 0.408 e. The fourth-order valence-electron chi connectivity index (χ4n) is 3.56. The lowest BCUT2D eigenvalue weighted by Crippen LogP contribution is -2.50. The van der Waals surface area contributed by atoms with Gasteiger partial charge in [0.2, 0.25) is 15.9 Å². The van der Waals surface area contributed by atoms with E-state index in [4.69, 9.17) is 16.0 Å². The van der Waals surface area contributed by atoms with Gasteiger partial charge in [0.05, 0.1) is 10.5 Å². The molecule has 0 spiro atoms. The molecule has 30 heavy (non-hydrogen) atoms. The number of halogens is 1. The van der Waals surface area contributed by atoms with E-state index in [9.17, 15) is 18.0 Å². The minimum Gasteiger partial charge on any atom is -0.408 e. The molecule has 1 aliphatic rings. The first-order chi connectivity index (χ1) is 14.4. The Hall–Kier alpha value is -2.62. The first-order valence-electron chi connectivity index (χ1n) is 9.49. The van der Waals surface area contributed by atoms with Crippen LogP contribution in [-0.4, -0.2) is 54.3 Å². The molecule has 1 amide bonds. The summed E-state index contributed by atoms with van der Waals surface area (Å²) in [6, 6.07) is 13.4. The van der Waals surface area contributed by atoms with Gasteiger partial charge >= 0.3 is 5.76 Å². The molecule has 0 saturated carbocycles. The third kappa shape index (κ3) is 3.88. The van der Waals surface area contributed by atoms with Gasteiger partial charge in [0, 0.05) is 39.1 Å². The van der Waals surface area contributed by atoms with Crippen LogP contribution in [0.3, 0.4) is 0 Å². The van der Waals surface area contributed by atoms with E-state index in [0.717, 1.165) is 0 Å². The molecule has 0 radical (unpaired) electrons. The van der Waals surface area contributed by atoms with Gasteiger partial charge in [-0.15, -0.1) is 0 Å². The van der Waals surface area contributed by atoms with Crippen molar-refractivity contribution in [3.05, 3.63) is 64.1 Å². The van der Waals surface area contributed by atoms with Gasteiger partial charge in [0.25, 0.3) is 0 Å². The molecule has 1 aliphatic heterocycles. The van der Waals surface area contributed by atoms with Crippen molar-refractivity contribution >= 4 is 38.6 Å². The van der Waals surface area contributed by atoms with Crippen LogP contribution in [0.15, 0.2) is 62.6 Å². The average Bonchev–Trinajstić information content (AvgIpc) is 3.07. The lowest BCUT2D eigenvalue weighted by Gasteiger charge is -2.34. The topological polar surface area (TPSA) is 92.8 Å². The van der Waals surface area contributed by atoms with Crippen LogP contribution in [0, 0.1) is 0 Å². The largest absolute Gasteiger partial charge is 0.419 e. The van der Waals surface area contributed by atoms with Crippen LogP contribution in [0.2, 0.25) is 5.02 Å². The summed E-state index contributed by atoms with van der Waals surface area (Å²) in [5, 5.41) is 0.175. The Labute approximate surface area is 178 Å². The van der Waals surface area contributed by atoms with Crippen molar-refractivity contribution in [2.75, 3.05) is 26.2 Å². The lowest BCUT2D eigenvalue weighted by atomic mass is 10.3. The molecule has 0 N–H and O–H groups in total.